The van der Waals surface area contributed by atoms with Crippen LogP contribution in [0.15, 0.2) is 24.3 Å². The lowest BCUT2D eigenvalue weighted by Crippen LogP contribution is -2.47. The summed E-state index contributed by atoms with van der Waals surface area (Å²) in [4.78, 5) is 27.0. The van der Waals surface area contributed by atoms with Gasteiger partial charge in [-0.15, -0.1) is 0 Å². The second kappa shape index (κ2) is 7.96. The molecule has 1 aromatic rings. The fraction of sp³-hybridized carbons (Fsp3) is 0.600. The third-order valence-corrected chi connectivity index (χ3v) is 5.51. The van der Waals surface area contributed by atoms with E-state index in [1.54, 1.807) is 29.2 Å². The first kappa shape index (κ1) is 18.4. The Morgan fingerprint density at radius 1 is 1.11 bits per heavy atom. The Labute approximate surface area is 158 Å². The van der Waals surface area contributed by atoms with Crippen LogP contribution in [0.3, 0.4) is 0 Å². The predicted octanol–water partition coefficient (Wildman–Crippen LogP) is 1.57. The Kier molecular flexibility index (Phi) is 5.43. The van der Waals surface area contributed by atoms with Crippen LogP contribution in [0.1, 0.15) is 46.4 Å². The first-order chi connectivity index (χ1) is 13.2. The van der Waals surface area contributed by atoms with Crippen LogP contribution in [0.5, 0.6) is 0 Å². The van der Waals surface area contributed by atoms with Gasteiger partial charge in [-0.3, -0.25) is 9.59 Å². The van der Waals surface area contributed by atoms with Gasteiger partial charge in [-0.25, -0.2) is 0 Å². The number of nitrogens with one attached hydrogen (secondary N) is 1. The lowest BCUT2D eigenvalue weighted by molar-refractivity contribution is -0.181. The average Bonchev–Trinajstić information content (AvgIpc) is 3.39. The fourth-order valence-electron chi connectivity index (χ4n) is 3.93. The number of benzene rings is 1. The van der Waals surface area contributed by atoms with E-state index in [4.69, 9.17) is 14.2 Å². The van der Waals surface area contributed by atoms with E-state index in [0.717, 1.165) is 19.4 Å². The molecule has 7 nitrogen and oxygen atoms in total. The molecule has 27 heavy (non-hydrogen) atoms. The highest BCUT2D eigenvalue weighted by atomic mass is 16.7. The van der Waals surface area contributed by atoms with Crippen LogP contribution in [0.2, 0.25) is 0 Å². The summed E-state index contributed by atoms with van der Waals surface area (Å²) in [7, 11) is 0. The van der Waals surface area contributed by atoms with E-state index in [0.29, 0.717) is 56.8 Å². The molecule has 1 atom stereocenters. The minimum Gasteiger partial charge on any atom is -0.376 e. The van der Waals surface area contributed by atoms with Crippen LogP contribution < -0.4 is 5.32 Å². The summed E-state index contributed by atoms with van der Waals surface area (Å²) in [6.45, 7) is 3.69. The fourth-order valence-corrected chi connectivity index (χ4v) is 3.93. The molecule has 1 spiro atoms. The maximum absolute atomic E-state index is 12.8. The van der Waals surface area contributed by atoms with Crippen LogP contribution in [0.25, 0.3) is 0 Å². The van der Waals surface area contributed by atoms with Gasteiger partial charge in [0.05, 0.1) is 19.3 Å². The van der Waals surface area contributed by atoms with Gasteiger partial charge in [-0.05, 0) is 31.0 Å². The van der Waals surface area contributed by atoms with Gasteiger partial charge in [0.1, 0.15) is 0 Å². The standard InChI is InChI=1S/C20H26N2O5/c23-18(21-14-17-5-2-10-25-17)15-3-1-4-16(13-15)19(24)22-8-6-20(7-9-22)26-11-12-27-20/h1,3-4,13,17H,2,5-12,14H2,(H,21,23). The van der Waals surface area contributed by atoms with Crippen LogP contribution >= 0.6 is 0 Å². The van der Waals surface area contributed by atoms with Gasteiger partial charge in [-0.1, -0.05) is 6.07 Å². The molecule has 0 aliphatic carbocycles. The molecule has 1 unspecified atom stereocenters. The van der Waals surface area contributed by atoms with E-state index >= 15 is 0 Å². The number of likely N-dealkylation sites (tertiary alicyclic amines) is 1. The molecule has 0 saturated carbocycles. The first-order valence-corrected chi connectivity index (χ1v) is 9.72. The molecule has 3 aliphatic heterocycles. The highest BCUT2D eigenvalue weighted by Crippen LogP contribution is 2.31. The Hall–Kier alpha value is -1.96. The van der Waals surface area contributed by atoms with E-state index in [9.17, 15) is 9.59 Å². The third-order valence-electron chi connectivity index (χ3n) is 5.51. The summed E-state index contributed by atoms with van der Waals surface area (Å²) in [5, 5.41) is 2.90. The molecule has 3 fully saturated rings. The third kappa shape index (κ3) is 4.15. The highest BCUT2D eigenvalue weighted by Gasteiger charge is 2.40. The molecule has 1 aromatic carbocycles. The minimum atomic E-state index is -0.499. The molecular formula is C20H26N2O5. The summed E-state index contributed by atoms with van der Waals surface area (Å²) in [6.07, 6.45) is 3.47. The lowest BCUT2D eigenvalue weighted by Gasteiger charge is -2.37. The molecule has 3 aliphatic rings. The SMILES string of the molecule is O=C(NCC1CCCO1)c1cccc(C(=O)N2CCC3(CC2)OCCO3)c1. The van der Waals surface area contributed by atoms with Gasteiger partial charge < -0.3 is 24.4 Å². The van der Waals surface area contributed by atoms with Crippen LogP contribution in [0.4, 0.5) is 0 Å². The van der Waals surface area contributed by atoms with Crippen LogP contribution in [-0.2, 0) is 14.2 Å². The molecule has 2 amide bonds. The van der Waals surface area contributed by atoms with Crippen molar-refractivity contribution < 1.29 is 23.8 Å². The molecular weight excluding hydrogens is 348 g/mol. The Morgan fingerprint density at radius 2 is 1.85 bits per heavy atom. The lowest BCUT2D eigenvalue weighted by atomic mass is 10.0. The van der Waals surface area contributed by atoms with Gasteiger partial charge >= 0.3 is 0 Å². The summed E-state index contributed by atoms with van der Waals surface area (Å²) in [6, 6.07) is 6.90. The van der Waals surface area contributed by atoms with Crippen molar-refractivity contribution in [3.63, 3.8) is 0 Å². The van der Waals surface area contributed by atoms with E-state index in [1.165, 1.54) is 0 Å². The van der Waals surface area contributed by atoms with Crippen molar-refractivity contribution in [3.8, 4) is 0 Å². The van der Waals surface area contributed by atoms with Crippen LogP contribution in [-0.4, -0.2) is 68.1 Å². The van der Waals surface area contributed by atoms with E-state index in [1.807, 2.05) is 0 Å². The second-order valence-corrected chi connectivity index (χ2v) is 7.33. The number of amides is 2. The van der Waals surface area contributed by atoms with Crippen molar-refractivity contribution in [1.29, 1.82) is 0 Å². The molecule has 3 saturated heterocycles. The zero-order valence-corrected chi connectivity index (χ0v) is 15.4. The topological polar surface area (TPSA) is 77.1 Å². The quantitative estimate of drug-likeness (QED) is 0.866. The molecule has 3 heterocycles. The Morgan fingerprint density at radius 3 is 2.56 bits per heavy atom. The number of rotatable bonds is 4. The maximum atomic E-state index is 12.8. The van der Waals surface area contributed by atoms with Crippen molar-refractivity contribution in [2.24, 2.45) is 0 Å². The van der Waals surface area contributed by atoms with Crippen molar-refractivity contribution in [3.05, 3.63) is 35.4 Å². The molecule has 7 heteroatoms. The Balaban J connectivity index is 1.35. The van der Waals surface area contributed by atoms with Crippen molar-refractivity contribution >= 4 is 11.8 Å². The number of piperidine rings is 1. The van der Waals surface area contributed by atoms with Gasteiger partial charge in [-0.2, -0.15) is 0 Å². The maximum Gasteiger partial charge on any atom is 0.253 e. The largest absolute Gasteiger partial charge is 0.376 e. The van der Waals surface area contributed by atoms with Crippen molar-refractivity contribution in [2.75, 3.05) is 39.5 Å². The molecule has 146 valence electrons. The zero-order chi connectivity index (χ0) is 18.7. The smallest absolute Gasteiger partial charge is 0.253 e. The number of ether oxygens (including phenoxy) is 3. The zero-order valence-electron chi connectivity index (χ0n) is 15.4. The number of carbonyl (C=O) groups is 2. The van der Waals surface area contributed by atoms with Crippen molar-refractivity contribution in [1.82, 2.24) is 10.2 Å². The molecule has 1 N–H and O–H groups in total. The predicted molar refractivity (Wildman–Crippen MR) is 97.5 cm³/mol. The van der Waals surface area contributed by atoms with Gasteiger partial charge in [0.25, 0.3) is 11.8 Å². The van der Waals surface area contributed by atoms with E-state index in [2.05, 4.69) is 5.32 Å². The normalized spacial score (nSPS) is 24.3. The first-order valence-electron chi connectivity index (χ1n) is 9.72. The van der Waals surface area contributed by atoms with Crippen molar-refractivity contribution in [2.45, 2.75) is 37.6 Å². The second-order valence-electron chi connectivity index (χ2n) is 7.33. The molecule has 4 rings (SSSR count). The summed E-state index contributed by atoms with van der Waals surface area (Å²) in [5.74, 6) is -0.733. The van der Waals surface area contributed by atoms with E-state index in [-0.39, 0.29) is 17.9 Å². The highest BCUT2D eigenvalue weighted by molar-refractivity contribution is 5.99. The molecule has 0 aromatic heterocycles. The molecule has 0 radical (unpaired) electrons. The monoisotopic (exact) mass is 374 g/mol. The summed E-state index contributed by atoms with van der Waals surface area (Å²) < 4.78 is 16.9. The van der Waals surface area contributed by atoms with Crippen LogP contribution in [0, 0.1) is 0 Å². The Bertz CT molecular complexity index is 685. The number of hydrogen-bond donors (Lipinski definition) is 1. The van der Waals surface area contributed by atoms with Gasteiger partial charge in [0.15, 0.2) is 5.79 Å². The van der Waals surface area contributed by atoms with E-state index < -0.39 is 5.79 Å². The van der Waals surface area contributed by atoms with Gasteiger partial charge in [0.2, 0.25) is 0 Å². The molecule has 0 bridgehead atoms. The summed E-state index contributed by atoms with van der Waals surface area (Å²) >= 11 is 0. The number of hydrogen-bond acceptors (Lipinski definition) is 5. The average molecular weight is 374 g/mol. The summed E-state index contributed by atoms with van der Waals surface area (Å²) in [5.41, 5.74) is 1.03. The number of nitrogens with zero attached hydrogens (tertiary/aromatic N) is 1. The number of carbonyl (C=O) groups excluding carboxylic acids is 2. The minimum absolute atomic E-state index is 0.0587. The van der Waals surface area contributed by atoms with Gasteiger partial charge in [0, 0.05) is 50.2 Å².